The fraction of sp³-hybridized carbons (Fsp3) is 0.0500. The lowest BCUT2D eigenvalue weighted by Crippen LogP contribution is -1.97. The molecule has 41 heavy (non-hydrogen) atoms. The molecule has 1 nitrogen and oxygen atoms in total. The Balaban J connectivity index is 1.36. The Kier molecular flexibility index (Phi) is 6.55. The molecule has 0 aliphatic rings. The summed E-state index contributed by atoms with van der Waals surface area (Å²) in [5.41, 5.74) is 9.74. The van der Waals surface area contributed by atoms with E-state index in [1.807, 2.05) is 0 Å². The zero-order valence-electron chi connectivity index (χ0n) is 23.2. The first-order valence-electron chi connectivity index (χ1n) is 14.4. The van der Waals surface area contributed by atoms with Crippen molar-refractivity contribution in [3.8, 4) is 16.8 Å². The van der Waals surface area contributed by atoms with Crippen molar-refractivity contribution in [1.29, 1.82) is 0 Å². The fourth-order valence-electron chi connectivity index (χ4n) is 6.02. The number of rotatable bonds is 6. The maximum Gasteiger partial charge on any atom is 0.0541 e. The van der Waals surface area contributed by atoms with E-state index in [-0.39, 0.29) is 0 Å². The Labute approximate surface area is 241 Å². The van der Waals surface area contributed by atoms with E-state index in [1.54, 1.807) is 0 Å². The number of allylic oxidation sites excluding steroid dienone is 3. The SMILES string of the molecule is CC/C=C(\C=C/c1ccccc1-c1ccccc1-n1c2ccccc2c2ccccc21)c1ccc2ccccc2c1. The van der Waals surface area contributed by atoms with E-state index in [2.05, 4.69) is 169 Å². The summed E-state index contributed by atoms with van der Waals surface area (Å²) in [6.07, 6.45) is 7.84. The molecule has 0 fully saturated rings. The van der Waals surface area contributed by atoms with Gasteiger partial charge in [-0.3, -0.25) is 0 Å². The standard InChI is InChI=1S/C40H31N/c1-2-13-29(33-27-25-30-14-3-4-16-32(30)28-33)24-26-31-15-5-6-17-34(31)35-18-7-10-21-38(35)41-39-22-11-8-19-36(39)37-20-9-12-23-40(37)41/h3-28H,2H2,1H3/b26-24-,29-13+. The lowest BCUT2D eigenvalue weighted by atomic mass is 9.95. The average Bonchev–Trinajstić information content (AvgIpc) is 3.37. The van der Waals surface area contributed by atoms with E-state index < -0.39 is 0 Å². The van der Waals surface area contributed by atoms with Crippen molar-refractivity contribution in [3.05, 3.63) is 163 Å². The Morgan fingerprint density at radius 2 is 1.20 bits per heavy atom. The van der Waals surface area contributed by atoms with E-state index in [1.165, 1.54) is 66.1 Å². The van der Waals surface area contributed by atoms with Crippen molar-refractivity contribution in [1.82, 2.24) is 4.57 Å². The summed E-state index contributed by atoms with van der Waals surface area (Å²) < 4.78 is 2.41. The van der Waals surface area contributed by atoms with Crippen LogP contribution in [0.3, 0.4) is 0 Å². The summed E-state index contributed by atoms with van der Waals surface area (Å²) in [4.78, 5) is 0. The number of nitrogens with zero attached hydrogens (tertiary/aromatic N) is 1. The highest BCUT2D eigenvalue weighted by atomic mass is 15.0. The van der Waals surface area contributed by atoms with Gasteiger partial charge >= 0.3 is 0 Å². The van der Waals surface area contributed by atoms with Crippen LogP contribution in [-0.2, 0) is 0 Å². The Morgan fingerprint density at radius 3 is 1.95 bits per heavy atom. The van der Waals surface area contributed by atoms with E-state index >= 15 is 0 Å². The second-order valence-corrected chi connectivity index (χ2v) is 10.4. The maximum absolute atomic E-state index is 2.41. The lowest BCUT2D eigenvalue weighted by Gasteiger charge is -2.16. The monoisotopic (exact) mass is 525 g/mol. The third-order valence-electron chi connectivity index (χ3n) is 7.93. The van der Waals surface area contributed by atoms with Gasteiger partial charge in [-0.05, 0) is 63.7 Å². The van der Waals surface area contributed by atoms with Crippen LogP contribution in [0.2, 0.25) is 0 Å². The zero-order valence-corrected chi connectivity index (χ0v) is 23.2. The molecule has 7 aromatic rings. The van der Waals surface area contributed by atoms with Gasteiger partial charge in [-0.1, -0.05) is 140 Å². The molecule has 0 N–H and O–H groups in total. The van der Waals surface area contributed by atoms with Gasteiger partial charge in [0.15, 0.2) is 0 Å². The summed E-state index contributed by atoms with van der Waals surface area (Å²) in [7, 11) is 0. The van der Waals surface area contributed by atoms with Crippen LogP contribution in [0.4, 0.5) is 0 Å². The van der Waals surface area contributed by atoms with Crippen LogP contribution in [0.15, 0.2) is 152 Å². The third kappa shape index (κ3) is 4.56. The minimum Gasteiger partial charge on any atom is -0.309 e. The molecule has 0 bridgehead atoms. The summed E-state index contributed by atoms with van der Waals surface area (Å²) in [6.45, 7) is 2.20. The largest absolute Gasteiger partial charge is 0.309 e. The van der Waals surface area contributed by atoms with Gasteiger partial charge in [-0.25, -0.2) is 0 Å². The molecule has 0 aliphatic carbocycles. The topological polar surface area (TPSA) is 4.93 Å². The Hall–Kier alpha value is -5.14. The molecule has 0 spiro atoms. The number of para-hydroxylation sites is 3. The smallest absolute Gasteiger partial charge is 0.0541 e. The molecule has 0 unspecified atom stereocenters. The van der Waals surface area contributed by atoms with Gasteiger partial charge in [-0.2, -0.15) is 0 Å². The number of hydrogen-bond acceptors (Lipinski definition) is 0. The number of benzene rings is 6. The molecule has 1 aromatic heterocycles. The van der Waals surface area contributed by atoms with Crippen molar-refractivity contribution in [2.75, 3.05) is 0 Å². The molecule has 0 radical (unpaired) electrons. The summed E-state index contributed by atoms with van der Waals surface area (Å²) in [5.74, 6) is 0. The van der Waals surface area contributed by atoms with Gasteiger partial charge < -0.3 is 4.57 Å². The van der Waals surface area contributed by atoms with E-state index in [9.17, 15) is 0 Å². The molecular formula is C40H31N. The van der Waals surface area contributed by atoms with Crippen LogP contribution < -0.4 is 0 Å². The quantitative estimate of drug-likeness (QED) is 0.190. The predicted octanol–water partition coefficient (Wildman–Crippen LogP) is 11.1. The molecule has 0 aliphatic heterocycles. The highest BCUT2D eigenvalue weighted by Gasteiger charge is 2.15. The summed E-state index contributed by atoms with van der Waals surface area (Å²) >= 11 is 0. The van der Waals surface area contributed by atoms with Crippen molar-refractivity contribution in [2.45, 2.75) is 13.3 Å². The number of hydrogen-bond donors (Lipinski definition) is 0. The van der Waals surface area contributed by atoms with Gasteiger partial charge in [0.05, 0.1) is 16.7 Å². The summed E-state index contributed by atoms with van der Waals surface area (Å²) in [6, 6.07) is 50.2. The van der Waals surface area contributed by atoms with E-state index in [0.717, 1.165) is 6.42 Å². The number of fused-ring (bicyclic) bond motifs is 4. The summed E-state index contributed by atoms with van der Waals surface area (Å²) in [5, 5.41) is 5.08. The van der Waals surface area contributed by atoms with Crippen LogP contribution in [0.25, 0.3) is 61.0 Å². The van der Waals surface area contributed by atoms with E-state index in [4.69, 9.17) is 0 Å². The molecule has 1 heteroatoms. The van der Waals surface area contributed by atoms with Crippen LogP contribution in [0, 0.1) is 0 Å². The molecule has 0 saturated heterocycles. The van der Waals surface area contributed by atoms with Gasteiger partial charge in [0.1, 0.15) is 0 Å². The molecule has 196 valence electrons. The average molecular weight is 526 g/mol. The Bertz CT molecular complexity index is 2030. The van der Waals surface area contributed by atoms with Crippen molar-refractivity contribution in [3.63, 3.8) is 0 Å². The molecule has 7 rings (SSSR count). The second kappa shape index (κ2) is 10.8. The van der Waals surface area contributed by atoms with Gasteiger partial charge in [-0.15, -0.1) is 0 Å². The highest BCUT2D eigenvalue weighted by molar-refractivity contribution is 6.09. The fourth-order valence-corrected chi connectivity index (χ4v) is 6.02. The van der Waals surface area contributed by atoms with Crippen molar-refractivity contribution >= 4 is 44.2 Å². The second-order valence-electron chi connectivity index (χ2n) is 10.4. The Morgan fingerprint density at radius 1 is 0.585 bits per heavy atom. The minimum atomic E-state index is 0.977. The predicted molar refractivity (Wildman–Crippen MR) is 177 cm³/mol. The number of aromatic nitrogens is 1. The van der Waals surface area contributed by atoms with E-state index in [0.29, 0.717) is 0 Å². The first-order chi connectivity index (χ1) is 20.3. The van der Waals surface area contributed by atoms with Gasteiger partial charge in [0.2, 0.25) is 0 Å². The first-order valence-corrected chi connectivity index (χ1v) is 14.4. The van der Waals surface area contributed by atoms with Gasteiger partial charge in [0.25, 0.3) is 0 Å². The van der Waals surface area contributed by atoms with Crippen LogP contribution in [-0.4, -0.2) is 4.57 Å². The highest BCUT2D eigenvalue weighted by Crippen LogP contribution is 2.37. The molecular weight excluding hydrogens is 494 g/mol. The molecule has 6 aromatic carbocycles. The van der Waals surface area contributed by atoms with Crippen molar-refractivity contribution < 1.29 is 0 Å². The third-order valence-corrected chi connectivity index (χ3v) is 7.93. The molecule has 0 amide bonds. The molecule has 0 saturated carbocycles. The zero-order chi connectivity index (χ0) is 27.6. The first kappa shape index (κ1) is 24.9. The van der Waals surface area contributed by atoms with Crippen LogP contribution >= 0.6 is 0 Å². The minimum absolute atomic E-state index is 0.977. The van der Waals surface area contributed by atoms with Crippen LogP contribution in [0.5, 0.6) is 0 Å². The normalized spacial score (nSPS) is 12.2. The van der Waals surface area contributed by atoms with Gasteiger partial charge in [0, 0.05) is 16.3 Å². The maximum atomic E-state index is 2.41. The lowest BCUT2D eigenvalue weighted by molar-refractivity contribution is 1.18. The van der Waals surface area contributed by atoms with Crippen LogP contribution in [0.1, 0.15) is 24.5 Å². The molecule has 1 heterocycles. The molecule has 0 atom stereocenters. The van der Waals surface area contributed by atoms with Crippen molar-refractivity contribution in [2.24, 2.45) is 0 Å².